The van der Waals surface area contributed by atoms with Gasteiger partial charge in [-0.15, -0.1) is 0 Å². The molecule has 0 amide bonds. The molecule has 2 unspecified atom stereocenters. The first-order chi connectivity index (χ1) is 6.46. The van der Waals surface area contributed by atoms with Crippen molar-refractivity contribution in [2.24, 2.45) is 10.8 Å². The Labute approximate surface area is 95.5 Å². The number of nitrogens with one attached hydrogen (secondary N) is 1. The molecule has 0 bridgehead atoms. The third-order valence-corrected chi connectivity index (χ3v) is 2.65. The van der Waals surface area contributed by atoms with E-state index in [0.29, 0.717) is 6.04 Å². The number of hydrogen-bond donors (Lipinski definition) is 2. The zero-order valence-corrected chi connectivity index (χ0v) is 11.7. The fourth-order valence-electron chi connectivity index (χ4n) is 1.67. The third-order valence-electron chi connectivity index (χ3n) is 2.65. The van der Waals surface area contributed by atoms with Gasteiger partial charge in [0.2, 0.25) is 0 Å². The van der Waals surface area contributed by atoms with Crippen LogP contribution < -0.4 is 5.32 Å². The molecule has 0 fully saturated rings. The van der Waals surface area contributed by atoms with Crippen molar-refractivity contribution in [2.45, 2.75) is 73.6 Å². The van der Waals surface area contributed by atoms with Crippen LogP contribution in [0.15, 0.2) is 0 Å². The summed E-state index contributed by atoms with van der Waals surface area (Å²) in [5.74, 6) is 0. The van der Waals surface area contributed by atoms with Crippen LogP contribution in [0.5, 0.6) is 0 Å². The molecule has 0 aromatic carbocycles. The van der Waals surface area contributed by atoms with Crippen molar-refractivity contribution in [1.82, 2.24) is 5.32 Å². The monoisotopic (exact) mass is 215 g/mol. The van der Waals surface area contributed by atoms with Gasteiger partial charge in [-0.25, -0.2) is 0 Å². The van der Waals surface area contributed by atoms with Crippen LogP contribution in [0, 0.1) is 10.8 Å². The van der Waals surface area contributed by atoms with Gasteiger partial charge in [0.05, 0.1) is 6.10 Å². The summed E-state index contributed by atoms with van der Waals surface area (Å²) in [5.41, 5.74) is -0.0171. The molecule has 0 aliphatic rings. The van der Waals surface area contributed by atoms with Crippen molar-refractivity contribution in [3.05, 3.63) is 0 Å². The van der Waals surface area contributed by atoms with Gasteiger partial charge in [-0.05, 0) is 10.8 Å². The molecule has 2 nitrogen and oxygen atoms in total. The molecule has 0 saturated heterocycles. The first kappa shape index (κ1) is 14.9. The summed E-state index contributed by atoms with van der Waals surface area (Å²) in [4.78, 5) is 0. The maximum absolute atomic E-state index is 10.4. The van der Waals surface area contributed by atoms with E-state index in [1.807, 2.05) is 0 Å². The number of hydrogen-bond acceptors (Lipinski definition) is 2. The molecular weight excluding hydrogens is 186 g/mol. The molecule has 15 heavy (non-hydrogen) atoms. The second-order valence-corrected chi connectivity index (χ2v) is 6.98. The van der Waals surface area contributed by atoms with E-state index in [0.717, 1.165) is 0 Å². The molecule has 0 radical (unpaired) electrons. The molecule has 92 valence electrons. The van der Waals surface area contributed by atoms with Crippen molar-refractivity contribution >= 4 is 0 Å². The van der Waals surface area contributed by atoms with E-state index in [1.165, 1.54) is 0 Å². The van der Waals surface area contributed by atoms with E-state index in [2.05, 4.69) is 60.7 Å². The van der Waals surface area contributed by atoms with Crippen molar-refractivity contribution in [3.8, 4) is 0 Å². The quantitative estimate of drug-likeness (QED) is 0.759. The van der Waals surface area contributed by atoms with Gasteiger partial charge in [0.15, 0.2) is 0 Å². The van der Waals surface area contributed by atoms with Crippen LogP contribution in [-0.4, -0.2) is 23.3 Å². The highest BCUT2D eigenvalue weighted by Gasteiger charge is 2.37. The minimum Gasteiger partial charge on any atom is -0.391 e. The molecule has 0 aromatic heterocycles. The minimum atomic E-state index is -0.333. The highest BCUT2D eigenvalue weighted by atomic mass is 16.3. The highest BCUT2D eigenvalue weighted by Crippen LogP contribution is 2.31. The average molecular weight is 215 g/mol. The van der Waals surface area contributed by atoms with Crippen LogP contribution in [-0.2, 0) is 0 Å². The Hall–Kier alpha value is -0.0800. The highest BCUT2D eigenvalue weighted by molar-refractivity contribution is 4.92. The zero-order chi connectivity index (χ0) is 12.4. The first-order valence-electron chi connectivity index (χ1n) is 5.90. The Bertz CT molecular complexity index is 186. The van der Waals surface area contributed by atoms with Crippen molar-refractivity contribution < 1.29 is 5.11 Å². The molecule has 0 saturated carbocycles. The molecule has 0 heterocycles. The van der Waals surface area contributed by atoms with E-state index >= 15 is 0 Å². The minimum absolute atomic E-state index is 0.0664. The second kappa shape index (κ2) is 4.84. The molecule has 0 spiro atoms. The summed E-state index contributed by atoms with van der Waals surface area (Å²) in [6, 6.07) is 0.517. The summed E-state index contributed by atoms with van der Waals surface area (Å²) < 4.78 is 0. The standard InChI is InChI=1S/C13H29NO/c1-9(2)14-10(12(3,4)5)11(15)13(6,7)8/h9-11,14-15H,1-8H3. The smallest absolute Gasteiger partial charge is 0.0746 e. The third kappa shape index (κ3) is 4.98. The van der Waals surface area contributed by atoms with E-state index < -0.39 is 0 Å². The van der Waals surface area contributed by atoms with Crippen molar-refractivity contribution in [2.75, 3.05) is 0 Å². The normalized spacial score (nSPS) is 18.0. The Morgan fingerprint density at radius 1 is 0.867 bits per heavy atom. The van der Waals surface area contributed by atoms with E-state index in [9.17, 15) is 5.11 Å². The van der Waals surface area contributed by atoms with Gasteiger partial charge < -0.3 is 10.4 Å². The van der Waals surface area contributed by atoms with E-state index in [-0.39, 0.29) is 23.0 Å². The zero-order valence-electron chi connectivity index (χ0n) is 11.7. The summed E-state index contributed by atoms with van der Waals surface area (Å²) in [5, 5.41) is 13.8. The lowest BCUT2D eigenvalue weighted by Gasteiger charge is -2.42. The fourth-order valence-corrected chi connectivity index (χ4v) is 1.67. The average Bonchev–Trinajstić information content (AvgIpc) is 1.94. The summed E-state index contributed by atoms with van der Waals surface area (Å²) in [6.45, 7) is 17.0. The van der Waals surface area contributed by atoms with Crippen LogP contribution in [0.25, 0.3) is 0 Å². The lowest BCUT2D eigenvalue weighted by atomic mass is 9.74. The van der Waals surface area contributed by atoms with Gasteiger partial charge in [0, 0.05) is 12.1 Å². The van der Waals surface area contributed by atoms with Crippen LogP contribution in [0.4, 0.5) is 0 Å². The molecule has 2 N–H and O–H groups in total. The van der Waals surface area contributed by atoms with Gasteiger partial charge >= 0.3 is 0 Å². The van der Waals surface area contributed by atoms with Gasteiger partial charge in [-0.3, -0.25) is 0 Å². The lowest BCUT2D eigenvalue weighted by molar-refractivity contribution is -0.00982. The van der Waals surface area contributed by atoms with Crippen LogP contribution in [0.1, 0.15) is 55.4 Å². The maximum Gasteiger partial charge on any atom is 0.0746 e. The molecular formula is C13H29NO. The summed E-state index contributed by atoms with van der Waals surface area (Å²) in [6.07, 6.45) is -0.333. The second-order valence-electron chi connectivity index (χ2n) is 6.98. The van der Waals surface area contributed by atoms with Crippen LogP contribution in [0.2, 0.25) is 0 Å². The van der Waals surface area contributed by atoms with Gasteiger partial charge in [-0.1, -0.05) is 55.4 Å². The van der Waals surface area contributed by atoms with Crippen molar-refractivity contribution in [3.63, 3.8) is 0 Å². The number of aliphatic hydroxyl groups excluding tert-OH is 1. The molecule has 0 rings (SSSR count). The summed E-state index contributed by atoms with van der Waals surface area (Å²) in [7, 11) is 0. The van der Waals surface area contributed by atoms with Gasteiger partial charge in [0.25, 0.3) is 0 Å². The van der Waals surface area contributed by atoms with Gasteiger partial charge in [-0.2, -0.15) is 0 Å². The SMILES string of the molecule is CC(C)NC(C(O)C(C)(C)C)C(C)(C)C. The number of rotatable bonds is 3. The Morgan fingerprint density at radius 3 is 1.47 bits per heavy atom. The number of aliphatic hydroxyl groups is 1. The predicted molar refractivity (Wildman–Crippen MR) is 67.0 cm³/mol. The van der Waals surface area contributed by atoms with E-state index in [4.69, 9.17) is 0 Å². The fraction of sp³-hybridized carbons (Fsp3) is 1.00. The van der Waals surface area contributed by atoms with E-state index in [1.54, 1.807) is 0 Å². The molecule has 0 aliphatic heterocycles. The molecule has 0 aliphatic carbocycles. The van der Waals surface area contributed by atoms with Crippen molar-refractivity contribution in [1.29, 1.82) is 0 Å². The predicted octanol–water partition coefficient (Wildman–Crippen LogP) is 2.81. The lowest BCUT2D eigenvalue weighted by Crippen LogP contribution is -2.55. The Kier molecular flexibility index (Phi) is 4.81. The maximum atomic E-state index is 10.4. The summed E-state index contributed by atoms with van der Waals surface area (Å²) >= 11 is 0. The molecule has 2 atom stereocenters. The van der Waals surface area contributed by atoms with Crippen LogP contribution in [0.3, 0.4) is 0 Å². The Morgan fingerprint density at radius 2 is 1.27 bits per heavy atom. The Balaban J connectivity index is 4.80. The first-order valence-corrected chi connectivity index (χ1v) is 5.90. The molecule has 2 heteroatoms. The van der Waals surface area contributed by atoms with Crippen LogP contribution >= 0.6 is 0 Å². The van der Waals surface area contributed by atoms with Gasteiger partial charge in [0.1, 0.15) is 0 Å². The topological polar surface area (TPSA) is 32.3 Å². The largest absolute Gasteiger partial charge is 0.391 e. The molecule has 0 aromatic rings.